The summed E-state index contributed by atoms with van der Waals surface area (Å²) in [4.78, 5) is 32.3. The van der Waals surface area contributed by atoms with Crippen molar-refractivity contribution in [3.8, 4) is 11.3 Å². The highest BCUT2D eigenvalue weighted by Crippen LogP contribution is 2.25. The molecule has 0 radical (unpaired) electrons. The van der Waals surface area contributed by atoms with E-state index in [0.717, 1.165) is 16.3 Å². The number of Topliss-reactive ketones (excluding diaryl/α,β-unsaturated/α-hetero) is 1. The van der Waals surface area contributed by atoms with Crippen molar-refractivity contribution >= 4 is 29.1 Å². The summed E-state index contributed by atoms with van der Waals surface area (Å²) in [6.45, 7) is 3.34. The monoisotopic (exact) mass is 377 g/mol. The maximum Gasteiger partial charge on any atom is 0.237 e. The number of hydrogen-bond donors (Lipinski definition) is 1. The molecule has 0 saturated carbocycles. The number of anilines is 1. The minimum atomic E-state index is -0.337. The first-order valence-electron chi connectivity index (χ1n) is 8.49. The van der Waals surface area contributed by atoms with Crippen LogP contribution in [0.25, 0.3) is 11.3 Å². The summed E-state index contributed by atoms with van der Waals surface area (Å²) in [7, 11) is 0. The predicted octanol–water partition coefficient (Wildman–Crippen LogP) is 4.47. The van der Waals surface area contributed by atoms with Crippen LogP contribution < -0.4 is 5.32 Å². The third-order valence-electron chi connectivity index (χ3n) is 3.94. The normalized spacial score (nSPS) is 11.6. The van der Waals surface area contributed by atoms with Gasteiger partial charge in [0.2, 0.25) is 5.91 Å². The molecule has 1 heterocycles. The Bertz CT molecular complexity index is 943. The van der Waals surface area contributed by atoms with Gasteiger partial charge in [0.1, 0.15) is 11.4 Å². The second-order valence-electron chi connectivity index (χ2n) is 5.99. The van der Waals surface area contributed by atoms with Crippen LogP contribution in [0.15, 0.2) is 72.0 Å². The first-order chi connectivity index (χ1) is 13.0. The Morgan fingerprint density at radius 1 is 1.00 bits per heavy atom. The van der Waals surface area contributed by atoms with Crippen LogP contribution in [0.4, 0.5) is 5.69 Å². The van der Waals surface area contributed by atoms with Crippen LogP contribution in [0.3, 0.4) is 0 Å². The van der Waals surface area contributed by atoms with Gasteiger partial charge in [-0.2, -0.15) is 0 Å². The molecule has 1 N–H and O–H groups in total. The average Bonchev–Trinajstić information content (AvgIpc) is 2.69. The SMILES string of the molecule is CC(=O)c1ccc(NC(=O)C(C)Sc2cc(-c3ccccc3)ncn2)cc1. The van der Waals surface area contributed by atoms with Gasteiger partial charge in [-0.3, -0.25) is 9.59 Å². The van der Waals surface area contributed by atoms with E-state index < -0.39 is 0 Å². The fraction of sp³-hybridized carbons (Fsp3) is 0.143. The second-order valence-corrected chi connectivity index (χ2v) is 7.35. The molecule has 1 atom stereocenters. The molecule has 6 heteroatoms. The van der Waals surface area contributed by atoms with Crippen LogP contribution in [0.5, 0.6) is 0 Å². The number of rotatable bonds is 6. The summed E-state index contributed by atoms with van der Waals surface area (Å²) in [5, 5.41) is 3.26. The molecular formula is C21H19N3O2S. The van der Waals surface area contributed by atoms with E-state index in [-0.39, 0.29) is 16.9 Å². The van der Waals surface area contributed by atoms with E-state index in [1.807, 2.05) is 43.3 Å². The van der Waals surface area contributed by atoms with Gasteiger partial charge in [-0.25, -0.2) is 9.97 Å². The Labute approximate surface area is 162 Å². The number of ketones is 1. The van der Waals surface area contributed by atoms with Crippen LogP contribution in [-0.4, -0.2) is 26.9 Å². The van der Waals surface area contributed by atoms with Crippen molar-refractivity contribution < 1.29 is 9.59 Å². The molecule has 0 aliphatic rings. The molecule has 0 fully saturated rings. The minimum Gasteiger partial charge on any atom is -0.325 e. The lowest BCUT2D eigenvalue weighted by Crippen LogP contribution is -2.22. The molecule has 27 heavy (non-hydrogen) atoms. The largest absolute Gasteiger partial charge is 0.325 e. The van der Waals surface area contributed by atoms with Crippen LogP contribution >= 0.6 is 11.8 Å². The van der Waals surface area contributed by atoms with Crippen LogP contribution in [-0.2, 0) is 4.79 Å². The zero-order valence-corrected chi connectivity index (χ0v) is 15.9. The highest BCUT2D eigenvalue weighted by molar-refractivity contribution is 8.00. The molecule has 3 aromatic rings. The predicted molar refractivity (Wildman–Crippen MR) is 108 cm³/mol. The van der Waals surface area contributed by atoms with Crippen molar-refractivity contribution in [2.24, 2.45) is 0 Å². The molecule has 136 valence electrons. The molecule has 3 rings (SSSR count). The smallest absolute Gasteiger partial charge is 0.237 e. The number of thioether (sulfide) groups is 1. The minimum absolute atomic E-state index is 0.00483. The number of hydrogen-bond acceptors (Lipinski definition) is 5. The Morgan fingerprint density at radius 2 is 1.70 bits per heavy atom. The van der Waals surface area contributed by atoms with Gasteiger partial charge in [0, 0.05) is 16.8 Å². The van der Waals surface area contributed by atoms with E-state index in [1.54, 1.807) is 24.3 Å². The lowest BCUT2D eigenvalue weighted by Gasteiger charge is -2.12. The lowest BCUT2D eigenvalue weighted by atomic mass is 10.1. The van der Waals surface area contributed by atoms with E-state index in [9.17, 15) is 9.59 Å². The maximum absolute atomic E-state index is 12.4. The topological polar surface area (TPSA) is 72.0 Å². The number of carbonyl (C=O) groups excluding carboxylic acids is 2. The second kappa shape index (κ2) is 8.60. The molecule has 0 aliphatic carbocycles. The number of nitrogens with one attached hydrogen (secondary N) is 1. The first kappa shape index (κ1) is 18.8. The van der Waals surface area contributed by atoms with Crippen molar-refractivity contribution in [3.05, 3.63) is 72.6 Å². The van der Waals surface area contributed by atoms with Crippen molar-refractivity contribution in [2.45, 2.75) is 24.1 Å². The fourth-order valence-electron chi connectivity index (χ4n) is 2.44. The van der Waals surface area contributed by atoms with E-state index in [1.165, 1.54) is 25.0 Å². The summed E-state index contributed by atoms with van der Waals surface area (Å²) < 4.78 is 0. The molecule has 1 aromatic heterocycles. The molecule has 0 aliphatic heterocycles. The molecule has 0 bridgehead atoms. The molecule has 5 nitrogen and oxygen atoms in total. The van der Waals surface area contributed by atoms with E-state index in [2.05, 4.69) is 15.3 Å². The van der Waals surface area contributed by atoms with Gasteiger partial charge < -0.3 is 5.32 Å². The number of aromatic nitrogens is 2. The Kier molecular flexibility index (Phi) is 5.98. The Hall–Kier alpha value is -2.99. The third kappa shape index (κ3) is 5.01. The van der Waals surface area contributed by atoms with Crippen LogP contribution in [0.1, 0.15) is 24.2 Å². The van der Waals surface area contributed by atoms with Gasteiger partial charge in [0.25, 0.3) is 0 Å². The van der Waals surface area contributed by atoms with Gasteiger partial charge in [-0.15, -0.1) is 0 Å². The summed E-state index contributed by atoms with van der Waals surface area (Å²) in [6.07, 6.45) is 1.51. The van der Waals surface area contributed by atoms with Crippen LogP contribution in [0.2, 0.25) is 0 Å². The van der Waals surface area contributed by atoms with Gasteiger partial charge in [0.05, 0.1) is 10.9 Å². The Morgan fingerprint density at radius 3 is 2.37 bits per heavy atom. The molecule has 0 saturated heterocycles. The van der Waals surface area contributed by atoms with Gasteiger partial charge in [0.15, 0.2) is 5.78 Å². The van der Waals surface area contributed by atoms with Gasteiger partial charge in [-0.05, 0) is 44.2 Å². The highest BCUT2D eigenvalue weighted by Gasteiger charge is 2.16. The maximum atomic E-state index is 12.4. The van der Waals surface area contributed by atoms with E-state index in [0.29, 0.717) is 11.3 Å². The van der Waals surface area contributed by atoms with E-state index in [4.69, 9.17) is 0 Å². The summed E-state index contributed by atoms with van der Waals surface area (Å²) >= 11 is 1.37. The average molecular weight is 377 g/mol. The summed E-state index contributed by atoms with van der Waals surface area (Å²) in [5.41, 5.74) is 3.10. The zero-order valence-electron chi connectivity index (χ0n) is 15.0. The van der Waals surface area contributed by atoms with E-state index >= 15 is 0 Å². The Balaban J connectivity index is 1.65. The van der Waals surface area contributed by atoms with Crippen molar-refractivity contribution in [2.75, 3.05) is 5.32 Å². The number of amides is 1. The van der Waals surface area contributed by atoms with Crippen molar-refractivity contribution in [3.63, 3.8) is 0 Å². The highest BCUT2D eigenvalue weighted by atomic mass is 32.2. The van der Waals surface area contributed by atoms with Gasteiger partial charge in [-0.1, -0.05) is 42.1 Å². The number of nitrogens with zero attached hydrogens (tertiary/aromatic N) is 2. The zero-order chi connectivity index (χ0) is 19.2. The fourth-order valence-corrected chi connectivity index (χ4v) is 3.25. The van der Waals surface area contributed by atoms with Crippen molar-refractivity contribution in [1.82, 2.24) is 9.97 Å². The lowest BCUT2D eigenvalue weighted by molar-refractivity contribution is -0.115. The standard InChI is InChI=1S/C21H19N3O2S/c1-14(25)16-8-10-18(11-9-16)24-21(26)15(2)27-20-12-19(22-13-23-20)17-6-4-3-5-7-17/h3-13,15H,1-2H3,(H,24,26). The van der Waals surface area contributed by atoms with Crippen molar-refractivity contribution in [1.29, 1.82) is 0 Å². The molecule has 2 aromatic carbocycles. The number of benzene rings is 2. The molecular weight excluding hydrogens is 358 g/mol. The number of carbonyl (C=O) groups is 2. The molecule has 1 unspecified atom stereocenters. The first-order valence-corrected chi connectivity index (χ1v) is 9.37. The molecule has 1 amide bonds. The molecule has 0 spiro atoms. The van der Waals surface area contributed by atoms with Gasteiger partial charge >= 0.3 is 0 Å². The third-order valence-corrected chi connectivity index (χ3v) is 4.97. The quantitative estimate of drug-likeness (QED) is 0.390. The summed E-state index contributed by atoms with van der Waals surface area (Å²) in [5.74, 6) is -0.134. The van der Waals surface area contributed by atoms with Crippen LogP contribution in [0, 0.1) is 0 Å². The summed E-state index contributed by atoms with van der Waals surface area (Å²) in [6, 6.07) is 18.6.